The molecule has 174 valence electrons. The van der Waals surface area contributed by atoms with Gasteiger partial charge in [0.15, 0.2) is 0 Å². The molecular weight excluding hydrogens is 761 g/mol. The molecule has 0 aliphatic rings. The first-order valence-corrected chi connectivity index (χ1v) is 12.2. The molecule has 1 rings (SSSR count). The lowest BCUT2D eigenvalue weighted by Gasteiger charge is -2.25. The highest BCUT2D eigenvalue weighted by Gasteiger charge is 2.29. The van der Waals surface area contributed by atoms with Gasteiger partial charge in [0.25, 0.3) is 5.91 Å². The van der Waals surface area contributed by atoms with Crippen LogP contribution in [0.2, 0.25) is 0 Å². The molecule has 0 bridgehead atoms. The Morgan fingerprint density at radius 1 is 0.875 bits per heavy atom. The lowest BCUT2D eigenvalue weighted by molar-refractivity contribution is -0.139. The van der Waals surface area contributed by atoms with Crippen LogP contribution >= 0.6 is 67.8 Å². The van der Waals surface area contributed by atoms with Crippen LogP contribution in [0.4, 0.5) is 5.69 Å². The van der Waals surface area contributed by atoms with Gasteiger partial charge in [-0.2, -0.15) is 0 Å². The van der Waals surface area contributed by atoms with Gasteiger partial charge in [0.2, 0.25) is 0 Å². The number of hydrogen-bond acceptors (Lipinski definition) is 7. The number of esters is 2. The minimum atomic E-state index is -1.21. The number of amides is 1. The highest BCUT2D eigenvalue weighted by molar-refractivity contribution is 14.1. The van der Waals surface area contributed by atoms with Crippen LogP contribution in [0, 0.1) is 10.7 Å². The molecule has 0 radical (unpaired) electrons. The molecule has 0 aliphatic heterocycles. The molecular formula is C20H21I3N2O7. The molecule has 1 aromatic rings. The van der Waals surface area contributed by atoms with Crippen molar-refractivity contribution in [2.24, 2.45) is 0 Å². The van der Waals surface area contributed by atoms with Gasteiger partial charge >= 0.3 is 17.9 Å². The number of halogens is 3. The zero-order valence-corrected chi connectivity index (χ0v) is 23.8. The molecule has 32 heavy (non-hydrogen) atoms. The van der Waals surface area contributed by atoms with Crippen LogP contribution in [0.3, 0.4) is 0 Å². The Bertz CT molecular complexity index is 960. The Labute approximate surface area is 226 Å². The average molecular weight is 782 g/mol. The zero-order chi connectivity index (χ0) is 24.7. The zero-order valence-electron chi connectivity index (χ0n) is 17.3. The van der Waals surface area contributed by atoms with Crippen LogP contribution in [0.5, 0.6) is 0 Å². The summed E-state index contributed by atoms with van der Waals surface area (Å²) in [7, 11) is 0. The van der Waals surface area contributed by atoms with Crippen molar-refractivity contribution in [3.63, 3.8) is 0 Å². The first kappa shape index (κ1) is 28.6. The van der Waals surface area contributed by atoms with Crippen LogP contribution in [0.1, 0.15) is 34.6 Å². The Morgan fingerprint density at radius 2 is 1.28 bits per heavy atom. The fourth-order valence-corrected chi connectivity index (χ4v) is 6.36. The molecule has 0 saturated carbocycles. The van der Waals surface area contributed by atoms with Gasteiger partial charge in [0, 0.05) is 14.7 Å². The summed E-state index contributed by atoms with van der Waals surface area (Å²) >= 11 is 5.52. The first-order valence-electron chi connectivity index (χ1n) is 8.94. The van der Waals surface area contributed by atoms with Crippen molar-refractivity contribution in [2.45, 2.75) is 13.8 Å². The maximum absolute atomic E-state index is 13.4. The number of nitrogens with two attached hydrogens (primary N) is 1. The molecule has 0 saturated heterocycles. The average Bonchev–Trinajstić information content (AvgIpc) is 2.70. The molecule has 0 heterocycles. The molecule has 9 nitrogen and oxygen atoms in total. The van der Waals surface area contributed by atoms with E-state index in [9.17, 15) is 24.3 Å². The third-order valence-electron chi connectivity index (χ3n) is 3.95. The number of hydrogen-bond donors (Lipinski definition) is 2. The van der Waals surface area contributed by atoms with Gasteiger partial charge in [-0.1, -0.05) is 13.2 Å². The SMILES string of the molecule is C=C(C)C(=O)OCCN(CCOC(=O)C(=C)C)C(=O)c1c(I)c(N)c(I)c(C(=O)O)c1I. The third kappa shape index (κ3) is 7.29. The van der Waals surface area contributed by atoms with Gasteiger partial charge in [0.05, 0.1) is 37.0 Å². The van der Waals surface area contributed by atoms with Gasteiger partial charge in [-0.3, -0.25) is 4.79 Å². The second-order valence-corrected chi connectivity index (χ2v) is 9.77. The van der Waals surface area contributed by atoms with Gasteiger partial charge in [-0.25, -0.2) is 14.4 Å². The number of ether oxygens (including phenoxy) is 2. The highest BCUT2D eigenvalue weighted by atomic mass is 127. The minimum absolute atomic E-state index is 0.0249. The summed E-state index contributed by atoms with van der Waals surface area (Å²) < 4.78 is 11.1. The van der Waals surface area contributed by atoms with Crippen LogP contribution < -0.4 is 5.73 Å². The number of aromatic carboxylic acids is 1. The van der Waals surface area contributed by atoms with E-state index in [0.717, 1.165) is 0 Å². The van der Waals surface area contributed by atoms with Gasteiger partial charge in [-0.05, 0) is 81.6 Å². The van der Waals surface area contributed by atoms with E-state index >= 15 is 0 Å². The first-order chi connectivity index (χ1) is 14.8. The van der Waals surface area contributed by atoms with E-state index in [4.69, 9.17) is 15.2 Å². The highest BCUT2D eigenvalue weighted by Crippen LogP contribution is 2.34. The smallest absolute Gasteiger partial charge is 0.337 e. The predicted octanol–water partition coefficient (Wildman–Crippen LogP) is 3.46. The van der Waals surface area contributed by atoms with Crippen LogP contribution in [-0.4, -0.2) is 60.1 Å². The Morgan fingerprint density at radius 3 is 1.66 bits per heavy atom. The van der Waals surface area contributed by atoms with E-state index < -0.39 is 23.8 Å². The molecule has 0 spiro atoms. The molecule has 1 aromatic carbocycles. The maximum atomic E-state index is 13.4. The van der Waals surface area contributed by atoms with Crippen molar-refractivity contribution in [2.75, 3.05) is 32.0 Å². The lowest BCUT2D eigenvalue weighted by atomic mass is 10.1. The summed E-state index contributed by atoms with van der Waals surface area (Å²) in [5.74, 6) is -2.97. The number of nitrogens with zero attached hydrogens (tertiary/aromatic N) is 1. The van der Waals surface area contributed by atoms with Crippen LogP contribution in [-0.2, 0) is 19.1 Å². The largest absolute Gasteiger partial charge is 0.478 e. The van der Waals surface area contributed by atoms with E-state index in [1.807, 2.05) is 45.2 Å². The fraction of sp³-hybridized carbons (Fsp3) is 0.300. The van der Waals surface area contributed by atoms with E-state index in [0.29, 0.717) is 7.14 Å². The topological polar surface area (TPSA) is 136 Å². The van der Waals surface area contributed by atoms with E-state index in [-0.39, 0.29) is 57.8 Å². The summed E-state index contributed by atoms with van der Waals surface area (Å²) in [4.78, 5) is 49.8. The Hall–Kier alpha value is -1.43. The molecule has 12 heteroatoms. The summed E-state index contributed by atoms with van der Waals surface area (Å²) in [6.07, 6.45) is 0. The second kappa shape index (κ2) is 12.7. The van der Waals surface area contributed by atoms with E-state index in [2.05, 4.69) is 13.2 Å². The molecule has 0 fully saturated rings. The van der Waals surface area contributed by atoms with Gasteiger partial charge < -0.3 is 25.2 Å². The van der Waals surface area contributed by atoms with Crippen molar-refractivity contribution in [1.82, 2.24) is 4.90 Å². The second-order valence-electron chi connectivity index (χ2n) is 6.54. The summed E-state index contributed by atoms with van der Waals surface area (Å²) in [6.45, 7) is 9.66. The third-order valence-corrected chi connectivity index (χ3v) is 7.27. The maximum Gasteiger partial charge on any atom is 0.337 e. The number of anilines is 1. The fourth-order valence-electron chi connectivity index (χ4n) is 2.28. The monoisotopic (exact) mass is 782 g/mol. The molecule has 0 aliphatic carbocycles. The molecule has 0 aromatic heterocycles. The number of carbonyl (C=O) groups excluding carboxylic acids is 3. The van der Waals surface area contributed by atoms with Gasteiger partial charge in [-0.15, -0.1) is 0 Å². The van der Waals surface area contributed by atoms with Crippen LogP contribution in [0.25, 0.3) is 0 Å². The number of rotatable bonds is 10. The Kier molecular flexibility index (Phi) is 11.4. The molecule has 1 amide bonds. The number of carbonyl (C=O) groups is 4. The number of nitrogen functional groups attached to an aromatic ring is 1. The van der Waals surface area contributed by atoms with E-state index in [1.54, 1.807) is 22.6 Å². The van der Waals surface area contributed by atoms with Crippen molar-refractivity contribution >= 4 is 97.3 Å². The molecule has 0 unspecified atom stereocenters. The van der Waals surface area contributed by atoms with Gasteiger partial charge in [0.1, 0.15) is 13.2 Å². The number of carboxylic acids is 1. The Balaban J connectivity index is 3.27. The molecule has 0 atom stereocenters. The minimum Gasteiger partial charge on any atom is -0.478 e. The number of carboxylic acid groups (broad SMARTS) is 1. The lowest BCUT2D eigenvalue weighted by Crippen LogP contribution is -2.38. The summed E-state index contributed by atoms with van der Waals surface area (Å²) in [5.41, 5.74) is 6.69. The quantitative estimate of drug-likeness (QED) is 0.160. The van der Waals surface area contributed by atoms with Crippen LogP contribution in [0.15, 0.2) is 24.3 Å². The van der Waals surface area contributed by atoms with Crippen molar-refractivity contribution < 1.29 is 33.8 Å². The molecule has 3 N–H and O–H groups in total. The standard InChI is InChI=1S/C20H21I3N2O7/c1-9(2)19(29)31-7-5-25(6-8-32-20(30)10(3)4)17(26)11-13(21)12(18(27)28)15(23)16(24)14(11)22/h1,3,5-8,24H2,2,4H3,(H,27,28). The van der Waals surface area contributed by atoms with E-state index in [1.165, 1.54) is 18.7 Å². The van der Waals surface area contributed by atoms with Crippen molar-refractivity contribution in [3.8, 4) is 0 Å². The van der Waals surface area contributed by atoms with Crippen molar-refractivity contribution in [3.05, 3.63) is 46.1 Å². The normalized spacial score (nSPS) is 10.3. The van der Waals surface area contributed by atoms with Crippen molar-refractivity contribution in [1.29, 1.82) is 0 Å². The predicted molar refractivity (Wildman–Crippen MR) is 143 cm³/mol. The summed E-state index contributed by atoms with van der Waals surface area (Å²) in [6, 6.07) is 0. The summed E-state index contributed by atoms with van der Waals surface area (Å²) in [5, 5.41) is 9.59. The number of benzene rings is 1.